The molecule has 51 heavy (non-hydrogen) atoms. The summed E-state index contributed by atoms with van der Waals surface area (Å²) in [5.74, 6) is -4.86. The van der Waals surface area contributed by atoms with Gasteiger partial charge in [0.2, 0.25) is 23.6 Å². The molecule has 6 aliphatic rings. The number of benzene rings is 3. The number of ether oxygens (including phenoxy) is 2. The van der Waals surface area contributed by atoms with Crippen LogP contribution >= 0.6 is 0 Å². The fourth-order valence-corrected chi connectivity index (χ4v) is 9.46. The second-order valence-corrected chi connectivity index (χ2v) is 14.3. The monoisotopic (exact) mass is 688 g/mol. The van der Waals surface area contributed by atoms with Crippen LogP contribution in [0.1, 0.15) is 24.3 Å². The normalized spacial score (nSPS) is 29.2. The van der Waals surface area contributed by atoms with Crippen LogP contribution in [0.4, 0.5) is 22.7 Å². The molecule has 6 atom stereocenters. The maximum atomic E-state index is 14.5. The first-order valence-corrected chi connectivity index (χ1v) is 18.0. The molecule has 4 amide bonds. The maximum absolute atomic E-state index is 14.5. The molecule has 2 aliphatic carbocycles. The molecule has 0 unspecified atom stereocenters. The summed E-state index contributed by atoms with van der Waals surface area (Å²) in [5.41, 5.74) is 4.45. The van der Waals surface area contributed by atoms with Gasteiger partial charge in [-0.3, -0.25) is 29.0 Å². The van der Waals surface area contributed by atoms with Crippen LogP contribution in [-0.4, -0.2) is 81.3 Å². The number of phenols is 1. The number of hydrogen-bond acceptors (Lipinski definition) is 9. The number of carbonyl (C=O) groups is 4. The molecule has 0 aromatic heterocycles. The van der Waals surface area contributed by atoms with Gasteiger partial charge in [0, 0.05) is 49.0 Å². The first kappa shape index (κ1) is 31.9. The van der Waals surface area contributed by atoms with Crippen LogP contribution in [-0.2, 0) is 28.7 Å². The Hall–Kier alpha value is -5.00. The Kier molecular flexibility index (Phi) is 7.92. The predicted molar refractivity (Wildman–Crippen MR) is 190 cm³/mol. The molecular formula is C40H40N4O7. The Bertz CT molecular complexity index is 1920. The van der Waals surface area contributed by atoms with Gasteiger partial charge in [0.25, 0.3) is 0 Å². The first-order chi connectivity index (χ1) is 24.9. The minimum absolute atomic E-state index is 0.0364. The molecule has 0 bridgehead atoms. The van der Waals surface area contributed by atoms with E-state index in [9.17, 15) is 24.3 Å². The topological polar surface area (TPSA) is 120 Å². The summed E-state index contributed by atoms with van der Waals surface area (Å²) in [6.45, 7) is 5.69. The zero-order valence-corrected chi connectivity index (χ0v) is 28.2. The Labute approximate surface area is 296 Å². The minimum atomic E-state index is -0.750. The molecule has 3 aromatic carbocycles. The van der Waals surface area contributed by atoms with Crippen molar-refractivity contribution in [3.63, 3.8) is 0 Å². The van der Waals surface area contributed by atoms with E-state index in [1.807, 2.05) is 60.7 Å². The highest BCUT2D eigenvalue weighted by molar-refractivity contribution is 6.24. The smallest absolute Gasteiger partial charge is 0.238 e. The van der Waals surface area contributed by atoms with Crippen molar-refractivity contribution >= 4 is 46.4 Å². The summed E-state index contributed by atoms with van der Waals surface area (Å²) in [5, 5.41) is 11.2. The van der Waals surface area contributed by atoms with Crippen LogP contribution in [0.5, 0.6) is 5.75 Å². The number of anilines is 4. The molecule has 11 nitrogen and oxygen atoms in total. The number of imide groups is 2. The standard InChI is InChI=1S/C40H40N4O7/c45-33-4-2-1-3-29(33)34-28-13-14-30-35(39(48)43(37(30)46)26-9-5-24(6-10-26)41-15-19-50-20-16-41)31(28)23-32-36(34)40(49)44(38(32)47)27-11-7-25(8-12-27)42-17-21-51-22-18-42/h1-13,30-32,34-36,45H,14-23H2/t30-,31+,32+,34+,35-,36+/m0/s1. The summed E-state index contributed by atoms with van der Waals surface area (Å²) in [6.07, 6.45) is 2.63. The third-order valence-electron chi connectivity index (χ3n) is 11.9. The quantitative estimate of drug-likeness (QED) is 0.312. The molecule has 9 rings (SSSR count). The molecule has 4 heterocycles. The molecule has 0 radical (unpaired) electrons. The molecule has 1 saturated carbocycles. The lowest BCUT2D eigenvalue weighted by molar-refractivity contribution is -0.126. The molecule has 0 spiro atoms. The van der Waals surface area contributed by atoms with Gasteiger partial charge in [0.05, 0.1) is 61.5 Å². The SMILES string of the molecule is O=C1[C@H]2[C@H](CC=C3[C@H]2C[C@H]2C(=O)N(c4ccc(N5CCOCC5)cc4)C(=O)[C@H]2[C@H]3c2ccccc2O)C(=O)N1c1ccc(N2CCOCC2)cc1. The summed E-state index contributed by atoms with van der Waals surface area (Å²) >= 11 is 0. The summed E-state index contributed by atoms with van der Waals surface area (Å²) in [7, 11) is 0. The van der Waals surface area contributed by atoms with Crippen LogP contribution < -0.4 is 19.6 Å². The number of morpholine rings is 2. The minimum Gasteiger partial charge on any atom is -0.508 e. The predicted octanol–water partition coefficient (Wildman–Crippen LogP) is 4.11. The summed E-state index contributed by atoms with van der Waals surface area (Å²) in [6, 6.07) is 22.0. The highest BCUT2D eigenvalue weighted by atomic mass is 16.5. The second kappa shape index (κ2) is 12.6. The van der Waals surface area contributed by atoms with Gasteiger partial charge in [-0.2, -0.15) is 0 Å². The van der Waals surface area contributed by atoms with Gasteiger partial charge < -0.3 is 24.4 Å². The van der Waals surface area contributed by atoms with E-state index in [1.54, 1.807) is 18.2 Å². The van der Waals surface area contributed by atoms with E-state index in [-0.39, 0.29) is 35.8 Å². The highest BCUT2D eigenvalue weighted by Crippen LogP contribution is 2.59. The number of carbonyl (C=O) groups excluding carboxylic acids is 4. The van der Waals surface area contributed by atoms with Gasteiger partial charge in [0.15, 0.2) is 0 Å². The molecular weight excluding hydrogens is 648 g/mol. The molecule has 262 valence electrons. The number of rotatable bonds is 5. The molecule has 11 heteroatoms. The molecule has 5 fully saturated rings. The molecule has 4 saturated heterocycles. The van der Waals surface area contributed by atoms with Gasteiger partial charge in [-0.05, 0) is 73.4 Å². The van der Waals surface area contributed by atoms with Gasteiger partial charge in [-0.15, -0.1) is 0 Å². The fraction of sp³-hybridized carbons (Fsp3) is 0.400. The number of phenolic OH excluding ortho intramolecular Hbond substituents is 1. The third-order valence-corrected chi connectivity index (χ3v) is 11.9. The Morgan fingerprint density at radius 2 is 1.04 bits per heavy atom. The van der Waals surface area contributed by atoms with E-state index in [0.717, 1.165) is 43.1 Å². The van der Waals surface area contributed by atoms with Crippen LogP contribution in [0.15, 0.2) is 84.4 Å². The molecule has 3 aromatic rings. The van der Waals surface area contributed by atoms with Gasteiger partial charge in [-0.1, -0.05) is 29.8 Å². The van der Waals surface area contributed by atoms with Crippen molar-refractivity contribution < 1.29 is 33.8 Å². The molecule has 1 N–H and O–H groups in total. The van der Waals surface area contributed by atoms with Crippen LogP contribution in [0, 0.1) is 29.6 Å². The number of para-hydroxylation sites is 1. The van der Waals surface area contributed by atoms with Crippen molar-refractivity contribution in [3.8, 4) is 5.75 Å². The van der Waals surface area contributed by atoms with Crippen LogP contribution in [0.3, 0.4) is 0 Å². The lowest BCUT2D eigenvalue weighted by Gasteiger charge is -2.44. The van der Waals surface area contributed by atoms with E-state index < -0.39 is 35.5 Å². The number of nitrogens with zero attached hydrogens (tertiary/aromatic N) is 4. The van der Waals surface area contributed by atoms with Gasteiger partial charge >= 0.3 is 0 Å². The van der Waals surface area contributed by atoms with Gasteiger partial charge in [-0.25, -0.2) is 0 Å². The lowest BCUT2D eigenvalue weighted by Crippen LogP contribution is -2.43. The fourth-order valence-electron chi connectivity index (χ4n) is 9.46. The lowest BCUT2D eigenvalue weighted by atomic mass is 9.57. The number of hydrogen-bond donors (Lipinski definition) is 1. The Morgan fingerprint density at radius 1 is 0.549 bits per heavy atom. The number of fused-ring (bicyclic) bond motifs is 4. The summed E-state index contributed by atoms with van der Waals surface area (Å²) < 4.78 is 11.0. The third kappa shape index (κ3) is 5.16. The van der Waals surface area contributed by atoms with E-state index in [1.165, 1.54) is 9.80 Å². The zero-order valence-electron chi connectivity index (χ0n) is 28.2. The van der Waals surface area contributed by atoms with E-state index in [2.05, 4.69) is 9.80 Å². The average Bonchev–Trinajstić information content (AvgIpc) is 3.58. The van der Waals surface area contributed by atoms with Crippen LogP contribution in [0.25, 0.3) is 0 Å². The van der Waals surface area contributed by atoms with Crippen molar-refractivity contribution in [2.24, 2.45) is 29.6 Å². The van der Waals surface area contributed by atoms with E-state index >= 15 is 0 Å². The van der Waals surface area contributed by atoms with Crippen molar-refractivity contribution in [1.29, 1.82) is 0 Å². The molecule has 4 aliphatic heterocycles. The Morgan fingerprint density at radius 3 is 1.59 bits per heavy atom. The van der Waals surface area contributed by atoms with Crippen LogP contribution in [0.2, 0.25) is 0 Å². The average molecular weight is 689 g/mol. The van der Waals surface area contributed by atoms with Gasteiger partial charge in [0.1, 0.15) is 5.75 Å². The Balaban J connectivity index is 1.05. The highest BCUT2D eigenvalue weighted by Gasteiger charge is 2.62. The number of amides is 4. The second-order valence-electron chi connectivity index (χ2n) is 14.3. The zero-order chi connectivity index (χ0) is 34.8. The summed E-state index contributed by atoms with van der Waals surface area (Å²) in [4.78, 5) is 64.3. The van der Waals surface area contributed by atoms with E-state index in [0.29, 0.717) is 49.8 Å². The number of aromatic hydroxyl groups is 1. The maximum Gasteiger partial charge on any atom is 0.238 e. The van der Waals surface area contributed by atoms with Crippen molar-refractivity contribution in [2.45, 2.75) is 18.8 Å². The van der Waals surface area contributed by atoms with E-state index in [4.69, 9.17) is 9.47 Å². The first-order valence-electron chi connectivity index (χ1n) is 18.0. The largest absolute Gasteiger partial charge is 0.508 e. The number of allylic oxidation sites excluding steroid dienone is 2. The van der Waals surface area contributed by atoms with Crippen molar-refractivity contribution in [1.82, 2.24) is 0 Å². The van der Waals surface area contributed by atoms with Crippen molar-refractivity contribution in [2.75, 3.05) is 72.2 Å². The van der Waals surface area contributed by atoms with Crippen molar-refractivity contribution in [3.05, 3.63) is 90.0 Å².